The minimum atomic E-state index is -0.433. The number of carbonyl (C=O) groups is 1. The first-order valence-corrected chi connectivity index (χ1v) is 6.25. The molecule has 1 amide bonds. The number of anilines is 2. The number of nitrogen functional groups attached to an aromatic ring is 1. The van der Waals surface area contributed by atoms with Crippen LogP contribution in [0.25, 0.3) is 0 Å². The summed E-state index contributed by atoms with van der Waals surface area (Å²) in [5.41, 5.74) is 6.75. The van der Waals surface area contributed by atoms with Gasteiger partial charge in [-0.1, -0.05) is 6.07 Å². The van der Waals surface area contributed by atoms with Gasteiger partial charge in [-0.2, -0.15) is 0 Å². The van der Waals surface area contributed by atoms with Crippen molar-refractivity contribution in [2.24, 2.45) is 0 Å². The molecule has 2 rings (SSSR count). The number of hydrogen-bond donors (Lipinski definition) is 2. The summed E-state index contributed by atoms with van der Waals surface area (Å²) < 4.78 is 14.0. The van der Waals surface area contributed by atoms with E-state index in [-0.39, 0.29) is 5.56 Å². The van der Waals surface area contributed by atoms with Gasteiger partial charge in [-0.15, -0.1) is 0 Å². The van der Waals surface area contributed by atoms with Gasteiger partial charge in [0, 0.05) is 5.56 Å². The Bertz CT molecular complexity index is 646. The van der Waals surface area contributed by atoms with E-state index in [1.54, 1.807) is 25.1 Å². The van der Waals surface area contributed by atoms with Crippen LogP contribution in [0.2, 0.25) is 0 Å². The average molecular weight is 324 g/mol. The summed E-state index contributed by atoms with van der Waals surface area (Å²) in [6.07, 6.45) is 1.43. The quantitative estimate of drug-likeness (QED) is 0.892. The van der Waals surface area contributed by atoms with Crippen LogP contribution in [0.1, 0.15) is 15.9 Å². The monoisotopic (exact) mass is 323 g/mol. The maximum absolute atomic E-state index is 13.4. The van der Waals surface area contributed by atoms with Crippen LogP contribution in [-0.4, -0.2) is 10.9 Å². The molecule has 0 aliphatic rings. The molecule has 0 unspecified atom stereocenters. The van der Waals surface area contributed by atoms with Crippen molar-refractivity contribution < 1.29 is 9.18 Å². The first-order valence-electron chi connectivity index (χ1n) is 5.46. The molecule has 4 nitrogen and oxygen atoms in total. The molecule has 98 valence electrons. The standard InChI is InChI=1S/C13H11BrFN3O/c1-7-2-3-8(4-11(7)15)13(19)18-12-10(14)5-9(16)6-17-12/h2-6H,16H2,1H3,(H,17,18,19). The van der Waals surface area contributed by atoms with Gasteiger partial charge in [0.05, 0.1) is 16.4 Å². The van der Waals surface area contributed by atoms with Crippen molar-refractivity contribution >= 4 is 33.3 Å². The Morgan fingerprint density at radius 2 is 2.16 bits per heavy atom. The second-order valence-corrected chi connectivity index (χ2v) is 4.87. The number of pyridine rings is 1. The maximum Gasteiger partial charge on any atom is 0.256 e. The van der Waals surface area contributed by atoms with Crippen molar-refractivity contribution in [2.45, 2.75) is 6.92 Å². The van der Waals surface area contributed by atoms with E-state index in [9.17, 15) is 9.18 Å². The number of carbonyl (C=O) groups excluding carboxylic acids is 1. The number of nitrogens with zero attached hydrogens (tertiary/aromatic N) is 1. The van der Waals surface area contributed by atoms with E-state index < -0.39 is 11.7 Å². The van der Waals surface area contributed by atoms with Crippen molar-refractivity contribution in [3.8, 4) is 0 Å². The lowest BCUT2D eigenvalue weighted by molar-refractivity contribution is 0.102. The van der Waals surface area contributed by atoms with E-state index in [1.165, 1.54) is 12.3 Å². The Hall–Kier alpha value is -1.95. The Morgan fingerprint density at radius 3 is 2.79 bits per heavy atom. The molecule has 0 bridgehead atoms. The summed E-state index contributed by atoms with van der Waals surface area (Å²) >= 11 is 3.24. The zero-order valence-electron chi connectivity index (χ0n) is 10.1. The molecule has 19 heavy (non-hydrogen) atoms. The summed E-state index contributed by atoms with van der Waals surface area (Å²) in [6, 6.07) is 5.92. The summed E-state index contributed by atoms with van der Waals surface area (Å²) in [6.45, 7) is 1.63. The average Bonchev–Trinajstić information content (AvgIpc) is 2.36. The van der Waals surface area contributed by atoms with Crippen LogP contribution in [0.3, 0.4) is 0 Å². The highest BCUT2D eigenvalue weighted by Crippen LogP contribution is 2.22. The normalized spacial score (nSPS) is 10.3. The zero-order chi connectivity index (χ0) is 14.0. The number of amides is 1. The number of hydrogen-bond acceptors (Lipinski definition) is 3. The number of aryl methyl sites for hydroxylation is 1. The van der Waals surface area contributed by atoms with Gasteiger partial charge in [-0.3, -0.25) is 4.79 Å². The fourth-order valence-electron chi connectivity index (χ4n) is 1.46. The Labute approximate surface area is 118 Å². The molecule has 0 saturated heterocycles. The molecule has 3 N–H and O–H groups in total. The van der Waals surface area contributed by atoms with Crippen LogP contribution in [-0.2, 0) is 0 Å². The maximum atomic E-state index is 13.4. The molecule has 0 spiro atoms. The fraction of sp³-hybridized carbons (Fsp3) is 0.0769. The highest BCUT2D eigenvalue weighted by Gasteiger charge is 2.11. The highest BCUT2D eigenvalue weighted by atomic mass is 79.9. The summed E-state index contributed by atoms with van der Waals surface area (Å²) in [5.74, 6) is -0.519. The van der Waals surface area contributed by atoms with E-state index >= 15 is 0 Å². The van der Waals surface area contributed by atoms with Crippen molar-refractivity contribution in [1.82, 2.24) is 4.98 Å². The van der Waals surface area contributed by atoms with Gasteiger partial charge >= 0.3 is 0 Å². The molecular weight excluding hydrogens is 313 g/mol. The third-order valence-corrected chi connectivity index (χ3v) is 3.13. The molecule has 0 atom stereocenters. The number of halogens is 2. The number of nitrogens with two attached hydrogens (primary N) is 1. The van der Waals surface area contributed by atoms with E-state index in [0.717, 1.165) is 0 Å². The third kappa shape index (κ3) is 3.08. The smallest absolute Gasteiger partial charge is 0.256 e. The summed E-state index contributed by atoms with van der Waals surface area (Å²) in [4.78, 5) is 15.9. The van der Waals surface area contributed by atoms with Crippen molar-refractivity contribution in [3.05, 3.63) is 51.9 Å². The molecule has 0 saturated carbocycles. The largest absolute Gasteiger partial charge is 0.397 e. The first-order chi connectivity index (χ1) is 8.97. The van der Waals surface area contributed by atoms with Gasteiger partial charge in [0.25, 0.3) is 5.91 Å². The number of nitrogens with one attached hydrogen (secondary N) is 1. The minimum absolute atomic E-state index is 0.230. The van der Waals surface area contributed by atoms with Crippen LogP contribution in [0, 0.1) is 12.7 Å². The Morgan fingerprint density at radius 1 is 1.42 bits per heavy atom. The van der Waals surface area contributed by atoms with Crippen molar-refractivity contribution in [1.29, 1.82) is 0 Å². The van der Waals surface area contributed by atoms with E-state index in [0.29, 0.717) is 21.5 Å². The van der Waals surface area contributed by atoms with E-state index in [1.807, 2.05) is 0 Å². The van der Waals surface area contributed by atoms with Crippen molar-refractivity contribution in [3.63, 3.8) is 0 Å². The number of rotatable bonds is 2. The number of benzene rings is 1. The molecular formula is C13H11BrFN3O. The SMILES string of the molecule is Cc1ccc(C(=O)Nc2ncc(N)cc2Br)cc1F. The van der Waals surface area contributed by atoms with Gasteiger partial charge in [0.2, 0.25) is 0 Å². The van der Waals surface area contributed by atoms with Gasteiger partial charge in [-0.05, 0) is 46.6 Å². The molecule has 0 radical (unpaired) electrons. The van der Waals surface area contributed by atoms with E-state index in [2.05, 4.69) is 26.2 Å². The third-order valence-electron chi connectivity index (χ3n) is 2.53. The Kier molecular flexibility index (Phi) is 3.80. The molecule has 1 aromatic heterocycles. The second-order valence-electron chi connectivity index (χ2n) is 4.02. The molecule has 1 aromatic carbocycles. The van der Waals surface area contributed by atoms with Gasteiger partial charge in [-0.25, -0.2) is 9.37 Å². The lowest BCUT2D eigenvalue weighted by Gasteiger charge is -2.07. The molecule has 1 heterocycles. The highest BCUT2D eigenvalue weighted by molar-refractivity contribution is 9.10. The minimum Gasteiger partial charge on any atom is -0.397 e. The molecule has 0 fully saturated rings. The van der Waals surface area contributed by atoms with Gasteiger partial charge in [0.15, 0.2) is 0 Å². The van der Waals surface area contributed by atoms with Crippen LogP contribution >= 0.6 is 15.9 Å². The first kappa shape index (κ1) is 13.5. The molecule has 6 heteroatoms. The number of aromatic nitrogens is 1. The van der Waals surface area contributed by atoms with Crippen LogP contribution in [0.5, 0.6) is 0 Å². The lowest BCUT2D eigenvalue weighted by atomic mass is 10.1. The summed E-state index contributed by atoms with van der Waals surface area (Å²) in [5, 5.41) is 2.58. The predicted octanol–water partition coefficient (Wildman–Crippen LogP) is 3.13. The van der Waals surface area contributed by atoms with E-state index in [4.69, 9.17) is 5.73 Å². The molecule has 0 aliphatic carbocycles. The summed E-state index contributed by atoms with van der Waals surface area (Å²) in [7, 11) is 0. The van der Waals surface area contributed by atoms with Crippen LogP contribution in [0.4, 0.5) is 15.9 Å². The van der Waals surface area contributed by atoms with Gasteiger partial charge in [0.1, 0.15) is 11.6 Å². The topological polar surface area (TPSA) is 68.0 Å². The van der Waals surface area contributed by atoms with Crippen LogP contribution in [0.15, 0.2) is 34.9 Å². The fourth-order valence-corrected chi connectivity index (χ4v) is 1.92. The zero-order valence-corrected chi connectivity index (χ0v) is 11.7. The molecule has 0 aliphatic heterocycles. The molecule has 2 aromatic rings. The Balaban J connectivity index is 2.23. The van der Waals surface area contributed by atoms with Crippen LogP contribution < -0.4 is 11.1 Å². The van der Waals surface area contributed by atoms with Crippen molar-refractivity contribution in [2.75, 3.05) is 11.1 Å². The second kappa shape index (κ2) is 5.36. The predicted molar refractivity (Wildman–Crippen MR) is 75.4 cm³/mol. The van der Waals surface area contributed by atoms with Gasteiger partial charge < -0.3 is 11.1 Å². The lowest BCUT2D eigenvalue weighted by Crippen LogP contribution is -2.14.